The van der Waals surface area contributed by atoms with E-state index in [-0.39, 0.29) is 0 Å². The lowest BCUT2D eigenvalue weighted by Crippen LogP contribution is -2.12. The Morgan fingerprint density at radius 3 is 2.83 bits per heavy atom. The smallest absolute Gasteiger partial charge is 0.112 e. The minimum atomic E-state index is 0.558. The molecule has 0 saturated heterocycles. The molecule has 0 aliphatic carbocycles. The standard InChI is InChI=1S/CHBrN4/c2-1-3-5-6-4-1/h(H,3,4,5)/q+1. The molecule has 0 atom stereocenters. The molecule has 1 aliphatic rings. The van der Waals surface area contributed by atoms with E-state index < -0.39 is 0 Å². The van der Waals surface area contributed by atoms with E-state index in [1.807, 2.05) is 0 Å². The normalized spacial score (nSPS) is 17.2. The van der Waals surface area contributed by atoms with E-state index >= 15 is 0 Å². The molecule has 0 spiro atoms. The van der Waals surface area contributed by atoms with Crippen LogP contribution in [0.1, 0.15) is 0 Å². The Hall–Kier alpha value is -0.450. The van der Waals surface area contributed by atoms with E-state index in [0.29, 0.717) is 4.74 Å². The van der Waals surface area contributed by atoms with Crippen LogP contribution in [0.25, 0.3) is 0 Å². The molecule has 1 N–H and O–H groups in total. The summed E-state index contributed by atoms with van der Waals surface area (Å²) in [6.45, 7) is 0. The van der Waals surface area contributed by atoms with Gasteiger partial charge in [-0.15, -0.1) is 5.43 Å². The maximum atomic E-state index is 3.42. The molecule has 0 amide bonds. The Morgan fingerprint density at radius 1 is 1.83 bits per heavy atom. The molecule has 1 aliphatic heterocycles. The van der Waals surface area contributed by atoms with Crippen molar-refractivity contribution < 1.29 is 0 Å². The number of hydrogen-bond donors (Lipinski definition) is 1. The van der Waals surface area contributed by atoms with Gasteiger partial charge in [0, 0.05) is 15.9 Å². The quantitative estimate of drug-likeness (QED) is 0.482. The van der Waals surface area contributed by atoms with Crippen molar-refractivity contribution in [3.8, 4) is 0 Å². The first-order valence-electron chi connectivity index (χ1n) is 1.29. The van der Waals surface area contributed by atoms with Crippen LogP contribution in [0.4, 0.5) is 0 Å². The predicted octanol–water partition coefficient (Wildman–Crippen LogP) is -0.0415. The summed E-state index contributed by atoms with van der Waals surface area (Å²) in [6, 6.07) is 0. The van der Waals surface area contributed by atoms with E-state index in [4.69, 9.17) is 0 Å². The zero-order valence-corrected chi connectivity index (χ0v) is 4.31. The molecule has 0 aromatic rings. The number of nitrogens with one attached hydrogen (secondary N) is 1. The van der Waals surface area contributed by atoms with Gasteiger partial charge >= 0.3 is 4.74 Å². The van der Waals surface area contributed by atoms with E-state index in [1.54, 1.807) is 0 Å². The largest absolute Gasteiger partial charge is 0.352 e. The van der Waals surface area contributed by atoms with Crippen LogP contribution in [0, 0.1) is 0 Å². The number of hydrogen-bond acceptors (Lipinski definition) is 4. The van der Waals surface area contributed by atoms with Gasteiger partial charge in [0.2, 0.25) is 5.22 Å². The van der Waals surface area contributed by atoms with E-state index in [9.17, 15) is 0 Å². The molecule has 0 aromatic carbocycles. The van der Waals surface area contributed by atoms with Crippen molar-refractivity contribution >= 4 is 20.7 Å². The first kappa shape index (κ1) is 3.73. The molecule has 1 heterocycles. The summed E-state index contributed by atoms with van der Waals surface area (Å²) in [5.41, 5.74) is 2.44. The van der Waals surface area contributed by atoms with Gasteiger partial charge in [0.05, 0.1) is 0 Å². The number of amidine groups is 1. The van der Waals surface area contributed by atoms with Crippen molar-refractivity contribution in [3.63, 3.8) is 0 Å². The third-order valence-corrected chi connectivity index (χ3v) is 0.655. The Labute approximate surface area is 42.4 Å². The molecule has 5 heteroatoms. The number of rotatable bonds is 0. The van der Waals surface area contributed by atoms with Crippen molar-refractivity contribution in [2.45, 2.75) is 0 Å². The zero-order chi connectivity index (χ0) is 4.41. The Balaban J connectivity index is 2.61. The van der Waals surface area contributed by atoms with Crippen molar-refractivity contribution in [2.75, 3.05) is 0 Å². The second-order valence-electron chi connectivity index (χ2n) is 0.692. The van der Waals surface area contributed by atoms with Gasteiger partial charge < -0.3 is 0 Å². The van der Waals surface area contributed by atoms with Crippen molar-refractivity contribution in [1.82, 2.24) is 10.6 Å². The van der Waals surface area contributed by atoms with Gasteiger partial charge in [-0.25, -0.2) is 0 Å². The SMILES string of the molecule is BrC1=NN=[N+]N1. The van der Waals surface area contributed by atoms with E-state index in [1.165, 1.54) is 0 Å². The number of halogens is 1. The molecule has 1 rings (SSSR count). The molecule has 0 bridgehead atoms. The highest BCUT2D eigenvalue weighted by Crippen LogP contribution is 1.86. The summed E-state index contributed by atoms with van der Waals surface area (Å²) in [4.78, 5) is 0. The van der Waals surface area contributed by atoms with Gasteiger partial charge in [0.25, 0.3) is 0 Å². The first-order valence-corrected chi connectivity index (χ1v) is 2.08. The topological polar surface area (TPSA) is 50.9 Å². The highest BCUT2D eigenvalue weighted by Gasteiger charge is 2.07. The molecule has 0 unspecified atom stereocenters. The summed E-state index contributed by atoms with van der Waals surface area (Å²) in [5.74, 6) is 0. The monoisotopic (exact) mass is 148 g/mol. The van der Waals surface area contributed by atoms with Crippen LogP contribution in [0.15, 0.2) is 10.3 Å². The van der Waals surface area contributed by atoms with E-state index in [2.05, 4.69) is 36.9 Å². The van der Waals surface area contributed by atoms with Crippen LogP contribution in [-0.4, -0.2) is 4.74 Å². The fourth-order valence-electron chi connectivity index (χ4n) is 0.148. The summed E-state index contributed by atoms with van der Waals surface area (Å²) in [6.07, 6.45) is 0. The first-order chi connectivity index (χ1) is 2.89. The summed E-state index contributed by atoms with van der Waals surface area (Å²) in [7, 11) is 0. The second kappa shape index (κ2) is 1.34. The molecule has 6 heavy (non-hydrogen) atoms. The Morgan fingerprint density at radius 2 is 2.67 bits per heavy atom. The van der Waals surface area contributed by atoms with Gasteiger partial charge in [-0.05, 0) is 0 Å². The van der Waals surface area contributed by atoms with Crippen molar-refractivity contribution in [3.05, 3.63) is 0 Å². The van der Waals surface area contributed by atoms with Crippen LogP contribution in [-0.2, 0) is 0 Å². The summed E-state index contributed by atoms with van der Waals surface area (Å²) in [5, 5.41) is 9.92. The lowest BCUT2D eigenvalue weighted by molar-refractivity contribution is 0.822. The molecule has 0 fully saturated rings. The van der Waals surface area contributed by atoms with E-state index in [0.717, 1.165) is 0 Å². The maximum Gasteiger partial charge on any atom is 0.352 e. The fourth-order valence-corrected chi connectivity index (χ4v) is 0.298. The fraction of sp³-hybridized carbons (Fsp3) is 0. The third kappa shape index (κ3) is 0.538. The predicted molar refractivity (Wildman–Crippen MR) is 24.1 cm³/mol. The van der Waals surface area contributed by atoms with Gasteiger partial charge in [-0.2, -0.15) is 0 Å². The molecule has 0 aromatic heterocycles. The summed E-state index contributed by atoms with van der Waals surface area (Å²) < 4.78 is 0.558. The van der Waals surface area contributed by atoms with Gasteiger partial charge in [0.15, 0.2) is 5.22 Å². The Kier molecular flexibility index (Phi) is 0.831. The molecule has 31 valence electrons. The second-order valence-corrected chi connectivity index (χ2v) is 1.44. The van der Waals surface area contributed by atoms with Gasteiger partial charge in [0.1, 0.15) is 5.10 Å². The third-order valence-electron chi connectivity index (χ3n) is 0.319. The molecular formula is CHBrN4+. The van der Waals surface area contributed by atoms with Crippen molar-refractivity contribution in [1.29, 1.82) is 0 Å². The molecule has 1 radical (unpaired) electrons. The van der Waals surface area contributed by atoms with Crippen LogP contribution >= 0.6 is 15.9 Å². The molecular weight excluding hydrogens is 148 g/mol. The Bertz CT molecular complexity index is 104. The average Bonchev–Trinajstić information content (AvgIpc) is 1.86. The average molecular weight is 149 g/mol. The van der Waals surface area contributed by atoms with Crippen LogP contribution in [0.3, 0.4) is 0 Å². The molecule has 4 nitrogen and oxygen atoms in total. The highest BCUT2D eigenvalue weighted by atomic mass is 79.9. The number of nitrogens with zero attached hydrogens (tertiary/aromatic N) is 3. The lowest BCUT2D eigenvalue weighted by atomic mass is 11.4. The van der Waals surface area contributed by atoms with Crippen LogP contribution in [0.2, 0.25) is 0 Å². The van der Waals surface area contributed by atoms with Crippen LogP contribution in [0.5, 0.6) is 0 Å². The highest BCUT2D eigenvalue weighted by molar-refractivity contribution is 9.18. The molecule has 0 saturated carbocycles. The summed E-state index contributed by atoms with van der Waals surface area (Å²) >= 11 is 2.99. The minimum absolute atomic E-state index is 0.558. The minimum Gasteiger partial charge on any atom is -0.112 e. The zero-order valence-electron chi connectivity index (χ0n) is 2.72. The van der Waals surface area contributed by atoms with Gasteiger partial charge in [-0.1, -0.05) is 0 Å². The van der Waals surface area contributed by atoms with Crippen molar-refractivity contribution in [2.24, 2.45) is 10.3 Å². The van der Waals surface area contributed by atoms with Gasteiger partial charge in [-0.3, -0.25) is 0 Å². The maximum absolute atomic E-state index is 3.42. The van der Waals surface area contributed by atoms with Crippen LogP contribution < -0.4 is 10.6 Å². The lowest BCUT2D eigenvalue weighted by Gasteiger charge is -1.61.